The number of methoxy groups -OCH3 is 1. The molecule has 1 unspecified atom stereocenters. The Morgan fingerprint density at radius 2 is 2.06 bits per heavy atom. The van der Waals surface area contributed by atoms with E-state index in [0.717, 1.165) is 12.5 Å². The molecule has 0 aromatic heterocycles. The van der Waals surface area contributed by atoms with E-state index in [9.17, 15) is 0 Å². The van der Waals surface area contributed by atoms with Crippen molar-refractivity contribution in [3.05, 3.63) is 0 Å². The highest BCUT2D eigenvalue weighted by atomic mass is 16.5. The first-order valence-corrected chi connectivity index (χ1v) is 6.84. The molecule has 0 aromatic carbocycles. The number of hydrogen-bond acceptors (Lipinski definition) is 3. The molecule has 1 atom stereocenters. The van der Waals surface area contributed by atoms with Crippen LogP contribution in [0.15, 0.2) is 0 Å². The van der Waals surface area contributed by atoms with Gasteiger partial charge in [0.05, 0.1) is 6.61 Å². The minimum absolute atomic E-state index is 0.701. The smallest absolute Gasteiger partial charge is 0.0618 e. The quantitative estimate of drug-likeness (QED) is 0.768. The van der Waals surface area contributed by atoms with Gasteiger partial charge >= 0.3 is 0 Å². The van der Waals surface area contributed by atoms with Crippen LogP contribution in [0.2, 0.25) is 0 Å². The van der Waals surface area contributed by atoms with Gasteiger partial charge in [-0.1, -0.05) is 0 Å². The van der Waals surface area contributed by atoms with Crippen LogP contribution in [0, 0.1) is 5.92 Å². The molecule has 0 spiro atoms. The molecule has 2 heterocycles. The number of hydrogen-bond donors (Lipinski definition) is 1. The van der Waals surface area contributed by atoms with E-state index in [0.29, 0.717) is 6.04 Å². The van der Waals surface area contributed by atoms with Crippen molar-refractivity contribution >= 4 is 0 Å². The Hall–Kier alpha value is -0.120. The molecule has 2 rings (SSSR count). The molecule has 0 amide bonds. The third-order valence-corrected chi connectivity index (χ3v) is 4.14. The molecule has 3 heteroatoms. The number of likely N-dealkylation sites (tertiary alicyclic amines) is 1. The number of piperidine rings is 1. The van der Waals surface area contributed by atoms with E-state index >= 15 is 0 Å². The van der Waals surface area contributed by atoms with E-state index in [-0.39, 0.29) is 0 Å². The van der Waals surface area contributed by atoms with Crippen LogP contribution in [0.25, 0.3) is 0 Å². The molecule has 0 bridgehead atoms. The summed E-state index contributed by atoms with van der Waals surface area (Å²) in [6.45, 7) is 5.96. The van der Waals surface area contributed by atoms with Crippen molar-refractivity contribution in [1.82, 2.24) is 10.2 Å². The summed E-state index contributed by atoms with van der Waals surface area (Å²) in [5.41, 5.74) is 0. The maximum atomic E-state index is 5.30. The van der Waals surface area contributed by atoms with Crippen LogP contribution in [-0.4, -0.2) is 50.8 Å². The molecular formula is C13H26N2O. The summed E-state index contributed by atoms with van der Waals surface area (Å²) in [5.74, 6) is 0.963. The molecule has 94 valence electrons. The lowest BCUT2D eigenvalue weighted by molar-refractivity contribution is 0.110. The van der Waals surface area contributed by atoms with Crippen molar-refractivity contribution < 1.29 is 4.74 Å². The summed E-state index contributed by atoms with van der Waals surface area (Å²) in [4.78, 5) is 2.64. The van der Waals surface area contributed by atoms with Crippen LogP contribution in [-0.2, 0) is 4.74 Å². The summed E-state index contributed by atoms with van der Waals surface area (Å²) >= 11 is 0. The van der Waals surface area contributed by atoms with Crippen LogP contribution < -0.4 is 5.32 Å². The van der Waals surface area contributed by atoms with E-state index in [1.165, 1.54) is 58.3 Å². The van der Waals surface area contributed by atoms with E-state index < -0.39 is 0 Å². The molecule has 2 fully saturated rings. The minimum atomic E-state index is 0.701. The first-order valence-electron chi connectivity index (χ1n) is 6.84. The molecule has 0 radical (unpaired) electrons. The summed E-state index contributed by atoms with van der Waals surface area (Å²) in [5, 5.41) is 3.44. The van der Waals surface area contributed by atoms with Crippen molar-refractivity contribution in [3.8, 4) is 0 Å². The van der Waals surface area contributed by atoms with Crippen LogP contribution in [0.4, 0.5) is 0 Å². The maximum absolute atomic E-state index is 5.30. The highest BCUT2D eigenvalue weighted by Crippen LogP contribution is 2.21. The van der Waals surface area contributed by atoms with Gasteiger partial charge in [0.15, 0.2) is 0 Å². The van der Waals surface area contributed by atoms with Gasteiger partial charge in [0.1, 0.15) is 0 Å². The monoisotopic (exact) mass is 226 g/mol. The average Bonchev–Trinajstić information content (AvgIpc) is 2.76. The number of nitrogens with zero attached hydrogens (tertiary/aromatic N) is 1. The van der Waals surface area contributed by atoms with Crippen LogP contribution in [0.3, 0.4) is 0 Å². The molecule has 2 aliphatic heterocycles. The van der Waals surface area contributed by atoms with Crippen LogP contribution in [0.5, 0.6) is 0 Å². The molecule has 0 aliphatic carbocycles. The van der Waals surface area contributed by atoms with Gasteiger partial charge < -0.3 is 10.1 Å². The predicted molar refractivity (Wildman–Crippen MR) is 66.7 cm³/mol. The molecule has 16 heavy (non-hydrogen) atoms. The van der Waals surface area contributed by atoms with Gasteiger partial charge in [0, 0.05) is 13.2 Å². The summed E-state index contributed by atoms with van der Waals surface area (Å²) in [6.07, 6.45) is 6.84. The number of ether oxygens (including phenoxy) is 1. The maximum Gasteiger partial charge on any atom is 0.0618 e. The lowest BCUT2D eigenvalue weighted by Crippen LogP contribution is -2.36. The fourth-order valence-electron chi connectivity index (χ4n) is 3.09. The summed E-state index contributed by atoms with van der Waals surface area (Å²) in [6, 6.07) is 0.701. The van der Waals surface area contributed by atoms with Gasteiger partial charge in [-0.3, -0.25) is 4.90 Å². The molecular weight excluding hydrogens is 200 g/mol. The SMILES string of the molecule is COCC1CCCN1CCC1CCNCC1. The van der Waals surface area contributed by atoms with Gasteiger partial charge in [0.2, 0.25) is 0 Å². The molecule has 0 saturated carbocycles. The Morgan fingerprint density at radius 1 is 1.25 bits per heavy atom. The minimum Gasteiger partial charge on any atom is -0.383 e. The fourth-order valence-corrected chi connectivity index (χ4v) is 3.09. The van der Waals surface area contributed by atoms with Crippen molar-refractivity contribution in [3.63, 3.8) is 0 Å². The second-order valence-electron chi connectivity index (χ2n) is 5.27. The lowest BCUT2D eigenvalue weighted by Gasteiger charge is -2.28. The summed E-state index contributed by atoms with van der Waals surface area (Å²) in [7, 11) is 1.82. The number of rotatable bonds is 5. The topological polar surface area (TPSA) is 24.5 Å². The third-order valence-electron chi connectivity index (χ3n) is 4.14. The molecule has 3 nitrogen and oxygen atoms in total. The second kappa shape index (κ2) is 6.58. The van der Waals surface area contributed by atoms with Crippen molar-refractivity contribution in [1.29, 1.82) is 0 Å². The Morgan fingerprint density at radius 3 is 2.81 bits per heavy atom. The third kappa shape index (κ3) is 3.44. The van der Waals surface area contributed by atoms with Gasteiger partial charge in [-0.2, -0.15) is 0 Å². The highest BCUT2D eigenvalue weighted by molar-refractivity contribution is 4.80. The van der Waals surface area contributed by atoms with Crippen LogP contribution in [0.1, 0.15) is 32.1 Å². The van der Waals surface area contributed by atoms with Crippen LogP contribution >= 0.6 is 0 Å². The Balaban J connectivity index is 1.67. The fraction of sp³-hybridized carbons (Fsp3) is 1.00. The Labute approximate surface area is 99.5 Å². The standard InChI is InChI=1S/C13H26N2O/c1-16-11-13-3-2-9-15(13)10-6-12-4-7-14-8-5-12/h12-14H,2-11H2,1H3. The summed E-state index contributed by atoms with van der Waals surface area (Å²) < 4.78 is 5.30. The predicted octanol–water partition coefficient (Wildman–Crippen LogP) is 1.49. The van der Waals surface area contributed by atoms with Gasteiger partial charge in [-0.25, -0.2) is 0 Å². The average molecular weight is 226 g/mol. The zero-order valence-corrected chi connectivity index (χ0v) is 10.6. The highest BCUT2D eigenvalue weighted by Gasteiger charge is 2.24. The van der Waals surface area contributed by atoms with Crippen molar-refractivity contribution in [2.45, 2.75) is 38.1 Å². The van der Waals surface area contributed by atoms with E-state index in [1.54, 1.807) is 0 Å². The van der Waals surface area contributed by atoms with Gasteiger partial charge in [-0.05, 0) is 64.2 Å². The lowest BCUT2D eigenvalue weighted by atomic mass is 9.94. The largest absolute Gasteiger partial charge is 0.383 e. The first-order chi connectivity index (χ1) is 7.90. The Kier molecular flexibility index (Phi) is 5.07. The molecule has 0 aromatic rings. The van der Waals surface area contributed by atoms with Crippen molar-refractivity contribution in [2.75, 3.05) is 39.9 Å². The van der Waals surface area contributed by atoms with Crippen molar-refractivity contribution in [2.24, 2.45) is 5.92 Å². The zero-order chi connectivity index (χ0) is 11.2. The first kappa shape index (κ1) is 12.3. The molecule has 2 saturated heterocycles. The second-order valence-corrected chi connectivity index (χ2v) is 5.27. The normalized spacial score (nSPS) is 28.7. The zero-order valence-electron chi connectivity index (χ0n) is 10.6. The van der Waals surface area contributed by atoms with Gasteiger partial charge in [0.25, 0.3) is 0 Å². The molecule has 2 aliphatic rings. The van der Waals surface area contributed by atoms with Gasteiger partial charge in [-0.15, -0.1) is 0 Å². The van der Waals surface area contributed by atoms with E-state index in [2.05, 4.69) is 10.2 Å². The molecule has 1 N–H and O–H groups in total. The van der Waals surface area contributed by atoms with E-state index in [4.69, 9.17) is 4.74 Å². The number of nitrogens with one attached hydrogen (secondary N) is 1. The Bertz CT molecular complexity index is 192. The van der Waals surface area contributed by atoms with E-state index in [1.807, 2.05) is 7.11 Å².